The second-order valence-electron chi connectivity index (χ2n) is 6.16. The van der Waals surface area contributed by atoms with E-state index in [1.807, 2.05) is 0 Å². The molecule has 2 N–H and O–H groups in total. The van der Waals surface area contributed by atoms with Crippen molar-refractivity contribution < 1.29 is 14.6 Å². The molecule has 0 fully saturated rings. The summed E-state index contributed by atoms with van der Waals surface area (Å²) in [5.74, 6) is 0.358. The molecule has 3 aromatic rings. The fourth-order valence-electron chi connectivity index (χ4n) is 2.63. The van der Waals surface area contributed by atoms with Crippen LogP contribution in [0.25, 0.3) is 10.9 Å². The Morgan fingerprint density at radius 1 is 1.29 bits per heavy atom. The highest BCUT2D eigenvalue weighted by atomic mass is 35.5. The lowest BCUT2D eigenvalue weighted by Gasteiger charge is -2.14. The van der Waals surface area contributed by atoms with Gasteiger partial charge in [-0.2, -0.15) is 0 Å². The van der Waals surface area contributed by atoms with E-state index in [1.165, 1.54) is 30.0 Å². The topological polar surface area (TPSA) is 93.4 Å². The van der Waals surface area contributed by atoms with Crippen molar-refractivity contribution in [3.8, 4) is 5.75 Å². The number of amides is 1. The van der Waals surface area contributed by atoms with Gasteiger partial charge in [-0.3, -0.25) is 14.2 Å². The van der Waals surface area contributed by atoms with Crippen LogP contribution in [-0.2, 0) is 11.3 Å². The minimum Gasteiger partial charge on any atom is -0.491 e. The van der Waals surface area contributed by atoms with Crippen molar-refractivity contribution in [2.24, 2.45) is 0 Å². The average Bonchev–Trinajstić information content (AvgIpc) is 2.63. The minimum absolute atomic E-state index is 0.00409. The first kappa shape index (κ1) is 20.1. The van der Waals surface area contributed by atoms with Gasteiger partial charge in [0, 0.05) is 17.6 Å². The maximum Gasteiger partial charge on any atom is 0.261 e. The number of aliphatic hydroxyl groups is 1. The van der Waals surface area contributed by atoms with Crippen LogP contribution in [-0.4, -0.2) is 33.3 Å². The molecule has 7 nitrogen and oxygen atoms in total. The highest BCUT2D eigenvalue weighted by Gasteiger charge is 2.12. The smallest absolute Gasteiger partial charge is 0.261 e. The number of carbonyl (C=O) groups is 1. The lowest BCUT2D eigenvalue weighted by atomic mass is 10.2. The number of rotatable bonds is 6. The molecule has 0 radical (unpaired) electrons. The lowest BCUT2D eigenvalue weighted by molar-refractivity contribution is -0.114. The van der Waals surface area contributed by atoms with Crippen molar-refractivity contribution in [1.29, 1.82) is 0 Å². The SMILES string of the molecule is CC(=O)Nc1ccc(OCC(O)Cn2cnc3c(Cl)cc(Cl)cc3c2=O)cc1. The highest BCUT2D eigenvalue weighted by molar-refractivity contribution is 6.38. The van der Waals surface area contributed by atoms with Gasteiger partial charge < -0.3 is 15.2 Å². The molecule has 1 heterocycles. The Kier molecular flexibility index (Phi) is 6.18. The molecule has 1 aromatic heterocycles. The number of hydrogen-bond acceptors (Lipinski definition) is 5. The van der Waals surface area contributed by atoms with Crippen molar-refractivity contribution in [2.45, 2.75) is 19.6 Å². The summed E-state index contributed by atoms with van der Waals surface area (Å²) in [6.45, 7) is 1.39. The fourth-order valence-corrected chi connectivity index (χ4v) is 3.18. The number of halogens is 2. The van der Waals surface area contributed by atoms with Gasteiger partial charge in [-0.15, -0.1) is 0 Å². The summed E-state index contributed by atoms with van der Waals surface area (Å²) in [5.41, 5.74) is 0.650. The van der Waals surface area contributed by atoms with Crippen molar-refractivity contribution in [2.75, 3.05) is 11.9 Å². The first-order valence-corrected chi connectivity index (χ1v) is 9.12. The van der Waals surface area contributed by atoms with Gasteiger partial charge in [0.2, 0.25) is 5.91 Å². The largest absolute Gasteiger partial charge is 0.491 e. The van der Waals surface area contributed by atoms with E-state index in [-0.39, 0.29) is 30.0 Å². The molecule has 0 aliphatic heterocycles. The predicted molar refractivity (Wildman–Crippen MR) is 108 cm³/mol. The van der Waals surface area contributed by atoms with Crippen LogP contribution in [0.3, 0.4) is 0 Å². The van der Waals surface area contributed by atoms with Crippen LogP contribution in [0.15, 0.2) is 47.5 Å². The van der Waals surface area contributed by atoms with E-state index in [2.05, 4.69) is 10.3 Å². The Hall–Kier alpha value is -2.61. The zero-order chi connectivity index (χ0) is 20.3. The number of aromatic nitrogens is 2. The summed E-state index contributed by atoms with van der Waals surface area (Å²) >= 11 is 12.0. The normalized spacial score (nSPS) is 12.0. The van der Waals surface area contributed by atoms with Crippen molar-refractivity contribution in [3.05, 3.63) is 63.1 Å². The number of benzene rings is 2. The molecular weight excluding hydrogens is 405 g/mol. The molecule has 2 aromatic carbocycles. The molecule has 0 bridgehead atoms. The van der Waals surface area contributed by atoms with Crippen LogP contribution in [0.4, 0.5) is 5.69 Å². The molecule has 28 heavy (non-hydrogen) atoms. The predicted octanol–water partition coefficient (Wildman–Crippen LogP) is 3.10. The molecule has 9 heteroatoms. The van der Waals surface area contributed by atoms with Gasteiger partial charge in [-0.25, -0.2) is 4.98 Å². The van der Waals surface area contributed by atoms with Crippen LogP contribution >= 0.6 is 23.2 Å². The molecular formula is C19H17Cl2N3O4. The second-order valence-corrected chi connectivity index (χ2v) is 7.00. The van der Waals surface area contributed by atoms with E-state index < -0.39 is 6.10 Å². The van der Waals surface area contributed by atoms with Gasteiger partial charge in [0.05, 0.1) is 28.8 Å². The third-order valence-corrected chi connectivity index (χ3v) is 4.38. The molecule has 1 amide bonds. The van der Waals surface area contributed by atoms with Crippen molar-refractivity contribution in [3.63, 3.8) is 0 Å². The van der Waals surface area contributed by atoms with Gasteiger partial charge in [0.15, 0.2) is 0 Å². The van der Waals surface area contributed by atoms with Crippen LogP contribution in [0.5, 0.6) is 5.75 Å². The molecule has 1 unspecified atom stereocenters. The maximum atomic E-state index is 12.6. The van der Waals surface area contributed by atoms with E-state index in [1.54, 1.807) is 24.3 Å². The Morgan fingerprint density at radius 3 is 2.68 bits per heavy atom. The second kappa shape index (κ2) is 8.60. The van der Waals surface area contributed by atoms with E-state index in [0.29, 0.717) is 27.0 Å². The van der Waals surface area contributed by atoms with Crippen molar-refractivity contribution in [1.82, 2.24) is 9.55 Å². The quantitative estimate of drug-likeness (QED) is 0.637. The van der Waals surface area contributed by atoms with Gasteiger partial charge in [0.1, 0.15) is 18.5 Å². The molecule has 0 spiro atoms. The molecule has 0 saturated carbocycles. The highest BCUT2D eigenvalue weighted by Crippen LogP contribution is 2.24. The number of hydrogen-bond donors (Lipinski definition) is 2. The maximum absolute atomic E-state index is 12.6. The monoisotopic (exact) mass is 421 g/mol. The number of nitrogens with zero attached hydrogens (tertiary/aromatic N) is 2. The summed E-state index contributed by atoms with van der Waals surface area (Å²) in [7, 11) is 0. The van der Waals surface area contributed by atoms with E-state index in [0.717, 1.165) is 0 Å². The number of nitrogens with one attached hydrogen (secondary N) is 1. The van der Waals surface area contributed by atoms with E-state index in [9.17, 15) is 14.7 Å². The van der Waals surface area contributed by atoms with Crippen LogP contribution in [0.1, 0.15) is 6.92 Å². The number of aliphatic hydroxyl groups excluding tert-OH is 1. The van der Waals surface area contributed by atoms with Crippen molar-refractivity contribution >= 4 is 45.7 Å². The average molecular weight is 422 g/mol. The van der Waals surface area contributed by atoms with E-state index >= 15 is 0 Å². The molecule has 1 atom stereocenters. The van der Waals surface area contributed by atoms with Crippen LogP contribution in [0, 0.1) is 0 Å². The van der Waals surface area contributed by atoms with Gasteiger partial charge >= 0.3 is 0 Å². The Morgan fingerprint density at radius 2 is 2.00 bits per heavy atom. The Balaban J connectivity index is 1.66. The number of anilines is 1. The zero-order valence-electron chi connectivity index (χ0n) is 14.9. The third-order valence-electron chi connectivity index (χ3n) is 3.87. The molecule has 146 valence electrons. The Bertz CT molecular complexity index is 1070. The number of ether oxygens (including phenoxy) is 1. The van der Waals surface area contributed by atoms with Gasteiger partial charge in [-0.05, 0) is 36.4 Å². The third kappa shape index (κ3) is 4.81. The fraction of sp³-hybridized carbons (Fsp3) is 0.211. The summed E-state index contributed by atoms with van der Waals surface area (Å²) in [6.07, 6.45) is 0.386. The molecule has 0 saturated heterocycles. The number of fused-ring (bicyclic) bond motifs is 1. The van der Waals surface area contributed by atoms with E-state index in [4.69, 9.17) is 27.9 Å². The standard InChI is InChI=1S/C19H17Cl2N3O4/c1-11(25)23-13-2-4-15(5-3-13)28-9-14(26)8-24-10-22-18-16(19(24)27)6-12(20)7-17(18)21/h2-7,10,14,26H,8-9H2,1H3,(H,23,25). The number of carbonyl (C=O) groups excluding carboxylic acids is 1. The molecule has 0 aliphatic carbocycles. The van der Waals surface area contributed by atoms with Gasteiger partial charge in [-0.1, -0.05) is 23.2 Å². The first-order valence-electron chi connectivity index (χ1n) is 8.36. The van der Waals surface area contributed by atoms with Crippen LogP contribution in [0.2, 0.25) is 10.0 Å². The van der Waals surface area contributed by atoms with Gasteiger partial charge in [0.25, 0.3) is 5.56 Å². The summed E-state index contributed by atoms with van der Waals surface area (Å²) in [5, 5.41) is 13.8. The summed E-state index contributed by atoms with van der Waals surface area (Å²) < 4.78 is 6.81. The molecule has 3 rings (SSSR count). The summed E-state index contributed by atoms with van der Waals surface area (Å²) in [4.78, 5) is 27.8. The van der Waals surface area contributed by atoms with Crippen LogP contribution < -0.4 is 15.6 Å². The lowest BCUT2D eigenvalue weighted by Crippen LogP contribution is -2.30. The Labute approximate surface area is 170 Å². The summed E-state index contributed by atoms with van der Waals surface area (Å²) in [6, 6.07) is 9.73. The first-order chi connectivity index (χ1) is 13.3. The zero-order valence-corrected chi connectivity index (χ0v) is 16.4. The molecule has 0 aliphatic rings. The minimum atomic E-state index is -0.943.